The summed E-state index contributed by atoms with van der Waals surface area (Å²) in [5, 5.41) is 1.70. The van der Waals surface area contributed by atoms with Crippen molar-refractivity contribution < 1.29 is 18.3 Å². The molecule has 2 aromatic rings. The van der Waals surface area contributed by atoms with Gasteiger partial charge in [-0.1, -0.05) is 55.2 Å². The van der Waals surface area contributed by atoms with E-state index in [1.807, 2.05) is 4.90 Å². The first-order valence-electron chi connectivity index (χ1n) is 12.3. The minimum Gasteiger partial charge on any atom is -0.443 e. The number of carbonyl (C=O) groups excluding carboxylic acids is 1. The molecule has 0 saturated carbocycles. The van der Waals surface area contributed by atoms with Crippen molar-refractivity contribution in [3.63, 3.8) is 0 Å². The van der Waals surface area contributed by atoms with E-state index in [-0.39, 0.29) is 26.6 Å². The van der Waals surface area contributed by atoms with Crippen LogP contribution in [-0.2, 0) is 15.1 Å². The molecule has 6 nitrogen and oxygen atoms in total. The van der Waals surface area contributed by atoms with Gasteiger partial charge in [-0.15, -0.1) is 0 Å². The fourth-order valence-corrected chi connectivity index (χ4v) is 6.46. The van der Waals surface area contributed by atoms with Gasteiger partial charge in [0.15, 0.2) is 5.72 Å². The first kappa shape index (κ1) is 28.2. The number of nitrogens with zero attached hydrogens (tertiary/aromatic N) is 2. The number of fused-ring (bicyclic) bond motifs is 1. The van der Waals surface area contributed by atoms with E-state index in [2.05, 4.69) is 13.8 Å². The summed E-state index contributed by atoms with van der Waals surface area (Å²) >= 11 is 12.3. The van der Waals surface area contributed by atoms with Crippen molar-refractivity contribution in [3.8, 4) is 0 Å². The standard InChI is InChI=1S/C27H34Cl2F2N4O2/c1-25(2,11-12-34(5)33)14-20-27(32,17-10-9-15(28)13-19(17)30)21(16-7-6-8-18(29)22(16)31)23-24(36)37-26(3,4)35(20)23/h6-10,13,20-21,23H,11-12,14,32-33H2,1-5H3/t20-,21-,23+,27+/m0/s1. The van der Waals surface area contributed by atoms with Gasteiger partial charge in [-0.05, 0) is 55.9 Å². The molecule has 0 aliphatic carbocycles. The molecule has 202 valence electrons. The van der Waals surface area contributed by atoms with E-state index in [0.717, 1.165) is 0 Å². The van der Waals surface area contributed by atoms with Crippen molar-refractivity contribution in [1.82, 2.24) is 9.91 Å². The van der Waals surface area contributed by atoms with Crippen molar-refractivity contribution >= 4 is 29.2 Å². The average Bonchev–Trinajstić information content (AvgIpc) is 3.17. The summed E-state index contributed by atoms with van der Waals surface area (Å²) in [5.74, 6) is 3.03. The Morgan fingerprint density at radius 2 is 1.86 bits per heavy atom. The van der Waals surface area contributed by atoms with E-state index < -0.39 is 46.9 Å². The van der Waals surface area contributed by atoms with E-state index in [9.17, 15) is 4.79 Å². The average molecular weight is 555 g/mol. The summed E-state index contributed by atoms with van der Waals surface area (Å²) in [5.41, 5.74) is 4.68. The highest BCUT2D eigenvalue weighted by molar-refractivity contribution is 6.31. The molecule has 2 heterocycles. The normalized spacial score (nSPS) is 27.6. The number of hydrogen-bond acceptors (Lipinski definition) is 6. The third-order valence-corrected chi connectivity index (χ3v) is 8.36. The zero-order chi connectivity index (χ0) is 27.5. The van der Waals surface area contributed by atoms with Gasteiger partial charge in [-0.25, -0.2) is 13.7 Å². The zero-order valence-electron chi connectivity index (χ0n) is 21.7. The molecule has 2 fully saturated rings. The molecule has 2 saturated heterocycles. The maximum atomic E-state index is 15.7. The predicted octanol–water partition coefficient (Wildman–Crippen LogP) is 5.17. The van der Waals surface area contributed by atoms with E-state index >= 15 is 8.78 Å². The molecule has 0 unspecified atom stereocenters. The van der Waals surface area contributed by atoms with Gasteiger partial charge in [-0.2, -0.15) is 0 Å². The van der Waals surface area contributed by atoms with Gasteiger partial charge in [0.05, 0.1) is 10.6 Å². The molecule has 10 heteroatoms. The van der Waals surface area contributed by atoms with Gasteiger partial charge in [0, 0.05) is 36.1 Å². The van der Waals surface area contributed by atoms with Crippen LogP contribution in [0.3, 0.4) is 0 Å². The van der Waals surface area contributed by atoms with E-state index in [1.54, 1.807) is 44.1 Å². The third-order valence-electron chi connectivity index (χ3n) is 7.83. The molecule has 0 amide bonds. The van der Waals surface area contributed by atoms with Crippen LogP contribution in [0.25, 0.3) is 0 Å². The molecular formula is C27H34Cl2F2N4O2. The van der Waals surface area contributed by atoms with Crippen LogP contribution in [0.1, 0.15) is 57.6 Å². The van der Waals surface area contributed by atoms with Gasteiger partial charge in [-0.3, -0.25) is 15.6 Å². The second-order valence-electron chi connectivity index (χ2n) is 11.5. The van der Waals surface area contributed by atoms with Gasteiger partial charge in [0.25, 0.3) is 0 Å². The van der Waals surface area contributed by atoms with Crippen molar-refractivity contribution in [3.05, 3.63) is 69.2 Å². The van der Waals surface area contributed by atoms with Gasteiger partial charge < -0.3 is 10.5 Å². The number of halogens is 4. The van der Waals surface area contributed by atoms with Crippen molar-refractivity contribution in [1.29, 1.82) is 0 Å². The van der Waals surface area contributed by atoms with Crippen LogP contribution in [0.2, 0.25) is 10.0 Å². The first-order chi connectivity index (χ1) is 17.1. The van der Waals surface area contributed by atoms with E-state index in [4.69, 9.17) is 39.5 Å². The van der Waals surface area contributed by atoms with Crippen LogP contribution in [0.15, 0.2) is 36.4 Å². The van der Waals surface area contributed by atoms with Crippen LogP contribution in [0.4, 0.5) is 8.78 Å². The van der Waals surface area contributed by atoms with Gasteiger partial charge in [0.2, 0.25) is 0 Å². The highest BCUT2D eigenvalue weighted by Gasteiger charge is 2.69. The van der Waals surface area contributed by atoms with Gasteiger partial charge >= 0.3 is 5.97 Å². The van der Waals surface area contributed by atoms with Crippen LogP contribution < -0.4 is 11.6 Å². The summed E-state index contributed by atoms with van der Waals surface area (Å²) in [6.07, 6.45) is 1.16. The number of hydrogen-bond donors (Lipinski definition) is 2. The molecule has 0 aromatic heterocycles. The summed E-state index contributed by atoms with van der Waals surface area (Å²) in [7, 11) is 1.78. The quantitative estimate of drug-likeness (QED) is 0.279. The number of cyclic esters (lactones) is 1. The second kappa shape index (κ2) is 9.74. The molecule has 4 atom stereocenters. The fraction of sp³-hybridized carbons (Fsp3) is 0.519. The lowest BCUT2D eigenvalue weighted by Crippen LogP contribution is -2.57. The number of nitrogens with two attached hydrogens (primary N) is 2. The maximum absolute atomic E-state index is 15.7. The summed E-state index contributed by atoms with van der Waals surface area (Å²) in [6, 6.07) is 7.28. The minimum atomic E-state index is -1.53. The molecule has 2 aliphatic rings. The van der Waals surface area contributed by atoms with Crippen LogP contribution >= 0.6 is 23.2 Å². The monoisotopic (exact) mass is 554 g/mol. The molecule has 0 bridgehead atoms. The maximum Gasteiger partial charge on any atom is 0.325 e. The highest BCUT2D eigenvalue weighted by atomic mass is 35.5. The van der Waals surface area contributed by atoms with Crippen LogP contribution in [0.5, 0.6) is 0 Å². The summed E-state index contributed by atoms with van der Waals surface area (Å²) in [4.78, 5) is 15.3. The molecule has 4 rings (SSSR count). The molecule has 4 N–H and O–H groups in total. The lowest BCUT2D eigenvalue weighted by Gasteiger charge is -2.45. The lowest BCUT2D eigenvalue weighted by molar-refractivity contribution is -0.152. The summed E-state index contributed by atoms with van der Waals surface area (Å²) < 4.78 is 37.1. The predicted molar refractivity (Wildman–Crippen MR) is 141 cm³/mol. The molecule has 0 spiro atoms. The number of esters is 1. The molecule has 37 heavy (non-hydrogen) atoms. The van der Waals surface area contributed by atoms with Crippen molar-refractivity contribution in [2.24, 2.45) is 17.0 Å². The molecule has 2 aromatic carbocycles. The Morgan fingerprint density at radius 1 is 1.19 bits per heavy atom. The number of carbonyl (C=O) groups is 1. The third kappa shape index (κ3) is 4.88. The SMILES string of the molecule is CN(N)CCC(C)(C)C[C@@H]1N2[C@@H](C(=O)OC2(C)C)[C@H](c2cccc(Cl)c2F)[C@@]1(N)c1ccc(Cl)cc1F. The Hall–Kier alpha value is -1.81. The number of benzene rings is 2. The number of hydrazine groups is 1. The second-order valence-corrected chi connectivity index (χ2v) is 12.4. The Morgan fingerprint density at radius 3 is 2.49 bits per heavy atom. The fourth-order valence-electron chi connectivity index (χ4n) is 6.12. The Kier molecular flexibility index (Phi) is 7.42. The molecule has 2 aliphatic heterocycles. The minimum absolute atomic E-state index is 0.108. The van der Waals surface area contributed by atoms with Crippen LogP contribution in [-0.4, -0.2) is 47.3 Å². The van der Waals surface area contributed by atoms with Crippen molar-refractivity contribution in [2.45, 2.75) is 69.8 Å². The smallest absolute Gasteiger partial charge is 0.325 e. The summed E-state index contributed by atoms with van der Waals surface area (Å²) in [6.45, 7) is 8.30. The molecular weight excluding hydrogens is 521 g/mol. The largest absolute Gasteiger partial charge is 0.443 e. The first-order valence-corrected chi connectivity index (χ1v) is 13.0. The highest BCUT2D eigenvalue weighted by Crippen LogP contribution is 2.58. The van der Waals surface area contributed by atoms with Crippen molar-refractivity contribution in [2.75, 3.05) is 13.6 Å². The Balaban J connectivity index is 1.99. The van der Waals surface area contributed by atoms with E-state index in [1.165, 1.54) is 18.2 Å². The lowest BCUT2D eigenvalue weighted by atomic mass is 9.67. The Bertz CT molecular complexity index is 1210. The van der Waals surface area contributed by atoms with Crippen LogP contribution in [0, 0.1) is 17.0 Å². The zero-order valence-corrected chi connectivity index (χ0v) is 23.2. The Labute approximate surface area is 226 Å². The molecule has 0 radical (unpaired) electrons. The number of rotatable bonds is 7. The van der Waals surface area contributed by atoms with Gasteiger partial charge in [0.1, 0.15) is 17.7 Å². The topological polar surface area (TPSA) is 84.8 Å². The number of ether oxygens (including phenoxy) is 1. The van der Waals surface area contributed by atoms with E-state index in [0.29, 0.717) is 19.4 Å².